The molecule has 1 N–H and O–H groups in total. The van der Waals surface area contributed by atoms with Crippen molar-refractivity contribution in [2.24, 2.45) is 0 Å². The van der Waals surface area contributed by atoms with Gasteiger partial charge in [0.15, 0.2) is 0 Å². The number of nitrogens with one attached hydrogen (secondary N) is 1. The fraction of sp³-hybridized carbons (Fsp3) is 0.300. The van der Waals surface area contributed by atoms with E-state index >= 15 is 0 Å². The van der Waals surface area contributed by atoms with E-state index in [1.807, 2.05) is 56.3 Å². The van der Waals surface area contributed by atoms with Gasteiger partial charge < -0.3 is 10.2 Å². The van der Waals surface area contributed by atoms with Crippen LogP contribution >= 0.6 is 11.8 Å². The summed E-state index contributed by atoms with van der Waals surface area (Å²) in [5, 5.41) is 2.89. The van der Waals surface area contributed by atoms with Gasteiger partial charge in [0.2, 0.25) is 5.91 Å². The zero-order valence-corrected chi connectivity index (χ0v) is 15.4. The number of anilines is 1. The average Bonchev–Trinajstić information content (AvgIpc) is 2.63. The number of hydrogen-bond donors (Lipinski definition) is 1. The van der Waals surface area contributed by atoms with Crippen LogP contribution in [-0.4, -0.2) is 24.1 Å². The molecule has 5 heteroatoms. The number of carbonyl (C=O) groups excluding carboxylic acids is 2. The van der Waals surface area contributed by atoms with E-state index in [1.165, 1.54) is 11.8 Å². The van der Waals surface area contributed by atoms with E-state index in [1.54, 1.807) is 4.90 Å². The highest BCUT2D eigenvalue weighted by Gasteiger charge is 2.26. The van der Waals surface area contributed by atoms with Crippen molar-refractivity contribution in [3.05, 3.63) is 59.2 Å². The number of carbonyl (C=O) groups is 2. The quantitative estimate of drug-likeness (QED) is 0.889. The number of benzene rings is 2. The van der Waals surface area contributed by atoms with Gasteiger partial charge in [-0.25, -0.2) is 0 Å². The summed E-state index contributed by atoms with van der Waals surface area (Å²) in [7, 11) is 0. The van der Waals surface area contributed by atoms with E-state index < -0.39 is 0 Å². The van der Waals surface area contributed by atoms with E-state index in [9.17, 15) is 9.59 Å². The van der Waals surface area contributed by atoms with Gasteiger partial charge in [0.05, 0.1) is 18.0 Å². The molecular weight excluding hydrogens is 332 g/mol. The first-order valence-electron chi connectivity index (χ1n) is 8.50. The second kappa shape index (κ2) is 7.74. The van der Waals surface area contributed by atoms with Gasteiger partial charge in [-0.15, -0.1) is 11.8 Å². The summed E-state index contributed by atoms with van der Waals surface area (Å²) in [6.07, 6.45) is 0.893. The molecule has 0 radical (unpaired) electrons. The van der Waals surface area contributed by atoms with Crippen LogP contribution in [0.3, 0.4) is 0 Å². The lowest BCUT2D eigenvalue weighted by atomic mass is 10.1. The topological polar surface area (TPSA) is 49.4 Å². The lowest BCUT2D eigenvalue weighted by molar-refractivity contribution is -0.116. The molecule has 0 atom stereocenters. The molecule has 0 saturated heterocycles. The Morgan fingerprint density at radius 2 is 2.04 bits per heavy atom. The SMILES string of the molecule is CCCNC(=O)c1ccc2c(c1)N(Cc1ccccc1C)C(=O)CS2. The molecule has 1 aliphatic rings. The largest absolute Gasteiger partial charge is 0.352 e. The summed E-state index contributed by atoms with van der Waals surface area (Å²) in [5.74, 6) is 0.413. The summed E-state index contributed by atoms with van der Waals surface area (Å²) in [5.41, 5.74) is 3.70. The highest BCUT2D eigenvalue weighted by atomic mass is 32.2. The maximum Gasteiger partial charge on any atom is 0.251 e. The van der Waals surface area contributed by atoms with Crippen molar-refractivity contribution in [1.29, 1.82) is 0 Å². The van der Waals surface area contributed by atoms with E-state index in [4.69, 9.17) is 0 Å². The molecule has 0 spiro atoms. The maximum absolute atomic E-state index is 12.5. The van der Waals surface area contributed by atoms with Crippen LogP contribution in [0.5, 0.6) is 0 Å². The first-order chi connectivity index (χ1) is 12.1. The van der Waals surface area contributed by atoms with Crippen molar-refractivity contribution in [1.82, 2.24) is 5.32 Å². The third-order valence-corrected chi connectivity index (χ3v) is 5.34. The number of hydrogen-bond acceptors (Lipinski definition) is 3. The molecule has 2 amide bonds. The molecule has 2 aromatic carbocycles. The summed E-state index contributed by atoms with van der Waals surface area (Å²) < 4.78 is 0. The van der Waals surface area contributed by atoms with Crippen LogP contribution in [0.15, 0.2) is 47.4 Å². The Kier molecular flexibility index (Phi) is 5.43. The van der Waals surface area contributed by atoms with E-state index in [2.05, 4.69) is 5.32 Å². The zero-order valence-electron chi connectivity index (χ0n) is 14.5. The Balaban J connectivity index is 1.92. The fourth-order valence-electron chi connectivity index (χ4n) is 2.82. The minimum atomic E-state index is -0.0940. The molecule has 3 rings (SSSR count). The molecule has 0 fully saturated rings. The predicted molar refractivity (Wildman–Crippen MR) is 102 cm³/mol. The van der Waals surface area contributed by atoms with E-state index in [0.29, 0.717) is 24.4 Å². The molecule has 0 aliphatic carbocycles. The van der Waals surface area contributed by atoms with Crippen molar-refractivity contribution in [3.8, 4) is 0 Å². The van der Waals surface area contributed by atoms with Crippen molar-refractivity contribution in [2.75, 3.05) is 17.2 Å². The fourth-order valence-corrected chi connectivity index (χ4v) is 3.73. The van der Waals surface area contributed by atoms with Crippen molar-refractivity contribution in [3.63, 3.8) is 0 Å². The summed E-state index contributed by atoms with van der Waals surface area (Å²) in [6, 6.07) is 13.7. The van der Waals surface area contributed by atoms with Crippen LogP contribution < -0.4 is 10.2 Å². The molecule has 0 aromatic heterocycles. The number of aryl methyl sites for hydroxylation is 1. The van der Waals surface area contributed by atoms with Gasteiger partial charge in [-0.05, 0) is 42.7 Å². The molecule has 0 unspecified atom stereocenters. The second-order valence-electron chi connectivity index (χ2n) is 6.13. The lowest BCUT2D eigenvalue weighted by Crippen LogP contribution is -2.35. The number of amides is 2. The number of fused-ring (bicyclic) bond motifs is 1. The zero-order chi connectivity index (χ0) is 17.8. The lowest BCUT2D eigenvalue weighted by Gasteiger charge is -2.30. The molecule has 0 bridgehead atoms. The Morgan fingerprint density at radius 3 is 2.80 bits per heavy atom. The molecular formula is C20H22N2O2S. The summed E-state index contributed by atoms with van der Waals surface area (Å²) in [6.45, 7) is 5.25. The maximum atomic E-state index is 12.5. The molecule has 130 valence electrons. The van der Waals surface area contributed by atoms with Gasteiger partial charge in [-0.2, -0.15) is 0 Å². The van der Waals surface area contributed by atoms with Crippen molar-refractivity contribution in [2.45, 2.75) is 31.7 Å². The number of nitrogens with zero attached hydrogens (tertiary/aromatic N) is 1. The molecule has 25 heavy (non-hydrogen) atoms. The van der Waals surface area contributed by atoms with Gasteiger partial charge in [0, 0.05) is 17.0 Å². The van der Waals surface area contributed by atoms with Crippen LogP contribution in [0.25, 0.3) is 0 Å². The standard InChI is InChI=1S/C20H22N2O2S/c1-3-10-21-20(24)15-8-9-18-17(11-15)22(19(23)13-25-18)12-16-7-5-4-6-14(16)2/h4-9,11H,3,10,12-13H2,1-2H3,(H,21,24). The van der Waals surface area contributed by atoms with Crippen LogP contribution in [0.4, 0.5) is 5.69 Å². The Bertz CT molecular complexity index is 804. The van der Waals surface area contributed by atoms with Gasteiger partial charge in [0.25, 0.3) is 5.91 Å². The normalized spacial score (nSPS) is 13.5. The van der Waals surface area contributed by atoms with Crippen molar-refractivity contribution >= 4 is 29.3 Å². The van der Waals surface area contributed by atoms with Gasteiger partial charge in [-0.1, -0.05) is 31.2 Å². The third-order valence-electron chi connectivity index (χ3n) is 4.29. The number of rotatable bonds is 5. The van der Waals surface area contributed by atoms with E-state index in [0.717, 1.165) is 28.1 Å². The van der Waals surface area contributed by atoms with Crippen molar-refractivity contribution < 1.29 is 9.59 Å². The Hall–Kier alpha value is -2.27. The molecule has 1 aliphatic heterocycles. The Morgan fingerprint density at radius 1 is 1.24 bits per heavy atom. The smallest absolute Gasteiger partial charge is 0.251 e. The average molecular weight is 354 g/mol. The summed E-state index contributed by atoms with van der Waals surface area (Å²) in [4.78, 5) is 27.6. The Labute approximate surface area is 152 Å². The third kappa shape index (κ3) is 3.87. The highest BCUT2D eigenvalue weighted by Crippen LogP contribution is 2.37. The van der Waals surface area contributed by atoms with Crippen LogP contribution in [0.1, 0.15) is 34.8 Å². The monoisotopic (exact) mass is 354 g/mol. The van der Waals surface area contributed by atoms with Gasteiger partial charge >= 0.3 is 0 Å². The minimum Gasteiger partial charge on any atom is -0.352 e. The molecule has 0 saturated carbocycles. The van der Waals surface area contributed by atoms with Crippen LogP contribution in [0.2, 0.25) is 0 Å². The van der Waals surface area contributed by atoms with Gasteiger partial charge in [-0.3, -0.25) is 9.59 Å². The first kappa shape index (κ1) is 17.5. The minimum absolute atomic E-state index is 0.0758. The van der Waals surface area contributed by atoms with Crippen LogP contribution in [0, 0.1) is 6.92 Å². The molecule has 1 heterocycles. The van der Waals surface area contributed by atoms with E-state index in [-0.39, 0.29) is 11.8 Å². The molecule has 2 aromatic rings. The van der Waals surface area contributed by atoms with Crippen LogP contribution in [-0.2, 0) is 11.3 Å². The second-order valence-corrected chi connectivity index (χ2v) is 7.15. The van der Waals surface area contributed by atoms with Gasteiger partial charge in [0.1, 0.15) is 0 Å². The predicted octanol–water partition coefficient (Wildman–Crippen LogP) is 3.77. The first-order valence-corrected chi connectivity index (χ1v) is 9.48. The highest BCUT2D eigenvalue weighted by molar-refractivity contribution is 8.00. The molecule has 4 nitrogen and oxygen atoms in total. The summed E-state index contributed by atoms with van der Waals surface area (Å²) >= 11 is 1.53. The number of thioether (sulfide) groups is 1.